The van der Waals surface area contributed by atoms with Crippen molar-refractivity contribution in [2.24, 2.45) is 5.41 Å². The number of carbonyl (C=O) groups is 2. The van der Waals surface area contributed by atoms with Gasteiger partial charge < -0.3 is 10.6 Å². The summed E-state index contributed by atoms with van der Waals surface area (Å²) < 4.78 is 0.982. The third-order valence-electron chi connectivity index (χ3n) is 4.21. The molecular weight excluding hydrogens is 370 g/mol. The van der Waals surface area contributed by atoms with Crippen molar-refractivity contribution in [3.63, 3.8) is 0 Å². The van der Waals surface area contributed by atoms with Crippen molar-refractivity contribution in [2.75, 3.05) is 5.32 Å². The zero-order chi connectivity index (χ0) is 17.2. The highest BCUT2D eigenvalue weighted by atomic mass is 79.9. The van der Waals surface area contributed by atoms with Gasteiger partial charge in [0, 0.05) is 29.1 Å². The highest BCUT2D eigenvalue weighted by Crippen LogP contribution is 2.47. The monoisotopic (exact) mass is 387 g/mol. The molecule has 1 aliphatic carbocycles. The van der Waals surface area contributed by atoms with Crippen LogP contribution in [0.4, 0.5) is 5.69 Å². The average Bonchev–Trinajstić information content (AvgIpc) is 3.39. The highest BCUT2D eigenvalue weighted by Gasteiger charge is 2.56. The molecule has 1 aromatic heterocycles. The molecule has 0 spiro atoms. The van der Waals surface area contributed by atoms with Crippen LogP contribution in [0.25, 0.3) is 0 Å². The molecule has 5 nitrogen and oxygen atoms in total. The Hall–Kier alpha value is -2.21. The minimum absolute atomic E-state index is 0.224. The predicted octanol–water partition coefficient (Wildman–Crippen LogP) is 3.19. The van der Waals surface area contributed by atoms with Crippen molar-refractivity contribution >= 4 is 33.4 Å². The summed E-state index contributed by atoms with van der Waals surface area (Å²) in [7, 11) is 0. The maximum Gasteiger partial charge on any atom is 0.240 e. The minimum atomic E-state index is -0.941. The average molecular weight is 388 g/mol. The van der Waals surface area contributed by atoms with Gasteiger partial charge in [0.25, 0.3) is 0 Å². The van der Waals surface area contributed by atoms with Crippen LogP contribution < -0.4 is 10.6 Å². The van der Waals surface area contributed by atoms with Gasteiger partial charge in [0.05, 0.1) is 0 Å². The predicted molar refractivity (Wildman–Crippen MR) is 95.3 cm³/mol. The zero-order valence-corrected chi connectivity index (χ0v) is 14.9. The summed E-state index contributed by atoms with van der Waals surface area (Å²) in [5.41, 5.74) is 1.69. The Morgan fingerprint density at radius 2 is 2.04 bits per heavy atom. The molecule has 1 aromatic carbocycles. The Morgan fingerprint density at radius 3 is 2.67 bits per heavy atom. The molecule has 1 fully saturated rings. The first-order valence-corrected chi connectivity index (χ1v) is 8.55. The van der Waals surface area contributed by atoms with Gasteiger partial charge in [-0.15, -0.1) is 0 Å². The molecule has 0 atom stereocenters. The van der Waals surface area contributed by atoms with Gasteiger partial charge in [-0.25, -0.2) is 0 Å². The van der Waals surface area contributed by atoms with Crippen LogP contribution in [0.3, 0.4) is 0 Å². The van der Waals surface area contributed by atoms with Gasteiger partial charge in [0.2, 0.25) is 11.8 Å². The zero-order valence-electron chi connectivity index (χ0n) is 13.3. The Morgan fingerprint density at radius 1 is 1.25 bits per heavy atom. The number of rotatable bonds is 5. The molecule has 1 aliphatic rings. The second kappa shape index (κ2) is 6.73. The Kier molecular flexibility index (Phi) is 4.66. The first kappa shape index (κ1) is 16.6. The normalized spacial score (nSPS) is 14.8. The standard InChI is InChI=1S/C18H18BrN3O2/c1-12-9-14(4-5-15(12)19)22-17(24)18(6-7-18)16(23)21-11-13-3-2-8-20-10-13/h2-5,8-10H,6-7,11H2,1H3,(H,21,23)(H,22,24). The third kappa shape index (κ3) is 3.48. The van der Waals surface area contributed by atoms with Gasteiger partial charge >= 0.3 is 0 Å². The Bertz CT molecular complexity index is 773. The van der Waals surface area contributed by atoms with Crippen molar-refractivity contribution in [3.05, 3.63) is 58.3 Å². The summed E-state index contributed by atoms with van der Waals surface area (Å²) in [4.78, 5) is 29.0. The van der Waals surface area contributed by atoms with Crippen LogP contribution in [0.5, 0.6) is 0 Å². The van der Waals surface area contributed by atoms with Crippen molar-refractivity contribution < 1.29 is 9.59 Å². The lowest BCUT2D eigenvalue weighted by atomic mass is 10.0. The van der Waals surface area contributed by atoms with Crippen molar-refractivity contribution in [2.45, 2.75) is 26.3 Å². The molecule has 0 saturated heterocycles. The molecule has 0 aliphatic heterocycles. The lowest BCUT2D eigenvalue weighted by Gasteiger charge is -2.16. The number of aryl methyl sites for hydroxylation is 1. The summed E-state index contributed by atoms with van der Waals surface area (Å²) in [6, 6.07) is 9.28. The van der Waals surface area contributed by atoms with E-state index in [0.29, 0.717) is 25.1 Å². The summed E-state index contributed by atoms with van der Waals surface area (Å²) in [5.74, 6) is -0.467. The third-order valence-corrected chi connectivity index (χ3v) is 5.10. The summed E-state index contributed by atoms with van der Waals surface area (Å²) >= 11 is 3.43. The van der Waals surface area contributed by atoms with E-state index in [1.54, 1.807) is 12.4 Å². The number of amides is 2. The number of hydrogen-bond acceptors (Lipinski definition) is 3. The number of aromatic nitrogens is 1. The molecule has 2 amide bonds. The number of carbonyl (C=O) groups excluding carboxylic acids is 2. The second-order valence-corrected chi connectivity index (χ2v) is 6.90. The quantitative estimate of drug-likeness (QED) is 0.773. The van der Waals surface area contributed by atoms with Crippen molar-refractivity contribution in [3.8, 4) is 0 Å². The first-order chi connectivity index (χ1) is 11.5. The molecule has 0 unspecified atom stereocenters. The number of hydrogen-bond donors (Lipinski definition) is 2. The fraction of sp³-hybridized carbons (Fsp3) is 0.278. The summed E-state index contributed by atoms with van der Waals surface area (Å²) in [5, 5.41) is 5.70. The van der Waals surface area contributed by atoms with Crippen LogP contribution in [0, 0.1) is 12.3 Å². The van der Waals surface area contributed by atoms with Gasteiger partial charge in [0.1, 0.15) is 5.41 Å². The lowest BCUT2D eigenvalue weighted by molar-refractivity contribution is -0.134. The van der Waals surface area contributed by atoms with E-state index in [4.69, 9.17) is 0 Å². The van der Waals surface area contributed by atoms with E-state index in [9.17, 15) is 9.59 Å². The summed E-state index contributed by atoms with van der Waals surface area (Å²) in [6.45, 7) is 2.33. The van der Waals surface area contributed by atoms with E-state index >= 15 is 0 Å². The second-order valence-electron chi connectivity index (χ2n) is 6.04. The number of halogens is 1. The lowest BCUT2D eigenvalue weighted by Crippen LogP contribution is -2.39. The fourth-order valence-corrected chi connectivity index (χ4v) is 2.76. The molecule has 124 valence electrons. The summed E-state index contributed by atoms with van der Waals surface area (Å²) in [6.07, 6.45) is 4.53. The van der Waals surface area contributed by atoms with Crippen LogP contribution in [0.1, 0.15) is 24.0 Å². The number of pyridine rings is 1. The maximum absolute atomic E-state index is 12.5. The number of nitrogens with one attached hydrogen (secondary N) is 2. The Labute approximate surface area is 149 Å². The molecule has 24 heavy (non-hydrogen) atoms. The molecule has 1 saturated carbocycles. The SMILES string of the molecule is Cc1cc(NC(=O)C2(C(=O)NCc3cccnc3)CC2)ccc1Br. The molecular formula is C18H18BrN3O2. The van der Waals surface area contributed by atoms with Gasteiger partial charge in [-0.05, 0) is 55.2 Å². The van der Waals surface area contributed by atoms with Crippen LogP contribution in [0.2, 0.25) is 0 Å². The van der Waals surface area contributed by atoms with Crippen molar-refractivity contribution in [1.82, 2.24) is 10.3 Å². The van der Waals surface area contributed by atoms with Crippen LogP contribution in [0.15, 0.2) is 47.2 Å². The van der Waals surface area contributed by atoms with Crippen LogP contribution in [-0.4, -0.2) is 16.8 Å². The number of anilines is 1. The molecule has 2 aromatic rings. The fourth-order valence-electron chi connectivity index (χ4n) is 2.51. The smallest absolute Gasteiger partial charge is 0.240 e. The van der Waals surface area contributed by atoms with Gasteiger partial charge in [-0.1, -0.05) is 22.0 Å². The first-order valence-electron chi connectivity index (χ1n) is 7.76. The van der Waals surface area contributed by atoms with Crippen LogP contribution >= 0.6 is 15.9 Å². The maximum atomic E-state index is 12.5. The molecule has 6 heteroatoms. The van der Waals surface area contributed by atoms with Gasteiger partial charge in [-0.2, -0.15) is 0 Å². The molecule has 0 bridgehead atoms. The van der Waals surface area contributed by atoms with Crippen molar-refractivity contribution in [1.29, 1.82) is 0 Å². The molecule has 0 radical (unpaired) electrons. The topological polar surface area (TPSA) is 71.1 Å². The van der Waals surface area contributed by atoms with E-state index in [2.05, 4.69) is 31.5 Å². The Balaban J connectivity index is 1.63. The minimum Gasteiger partial charge on any atom is -0.351 e. The number of benzene rings is 1. The molecule has 3 rings (SSSR count). The largest absolute Gasteiger partial charge is 0.351 e. The highest BCUT2D eigenvalue weighted by molar-refractivity contribution is 9.10. The van der Waals surface area contributed by atoms with E-state index in [1.807, 2.05) is 37.3 Å². The number of nitrogens with zero attached hydrogens (tertiary/aromatic N) is 1. The van der Waals surface area contributed by atoms with E-state index < -0.39 is 5.41 Å². The molecule has 2 N–H and O–H groups in total. The van der Waals surface area contributed by atoms with Gasteiger partial charge in [-0.3, -0.25) is 14.6 Å². The van der Waals surface area contributed by atoms with E-state index in [0.717, 1.165) is 15.6 Å². The van der Waals surface area contributed by atoms with Gasteiger partial charge in [0.15, 0.2) is 0 Å². The van der Waals surface area contributed by atoms with E-state index in [-0.39, 0.29) is 11.8 Å². The van der Waals surface area contributed by atoms with Crippen LogP contribution in [-0.2, 0) is 16.1 Å². The molecule has 1 heterocycles. The van der Waals surface area contributed by atoms with E-state index in [1.165, 1.54) is 0 Å².